The summed E-state index contributed by atoms with van der Waals surface area (Å²) in [5, 5.41) is 0. The molecule has 0 aliphatic rings. The highest BCUT2D eigenvalue weighted by Gasteiger charge is 2.20. The molecule has 0 radical (unpaired) electrons. The number of ether oxygens (including phenoxy) is 1. The minimum absolute atomic E-state index is 0.140. The number of sulfonamides is 1. The minimum atomic E-state index is -3.64. The van der Waals surface area contributed by atoms with Crippen LogP contribution in [0.25, 0.3) is 0 Å². The zero-order valence-electron chi connectivity index (χ0n) is 11.4. The second kappa shape index (κ2) is 5.76. The van der Waals surface area contributed by atoms with Crippen LogP contribution in [-0.4, -0.2) is 25.0 Å². The van der Waals surface area contributed by atoms with Crippen LogP contribution in [-0.2, 0) is 10.0 Å². The Morgan fingerprint density at radius 3 is 2.70 bits per heavy atom. The highest BCUT2D eigenvalue weighted by atomic mass is 32.2. The third kappa shape index (κ3) is 3.26. The van der Waals surface area contributed by atoms with Crippen molar-refractivity contribution in [2.75, 3.05) is 11.3 Å². The first kappa shape index (κ1) is 14.7. The molecule has 0 saturated heterocycles. The summed E-state index contributed by atoms with van der Waals surface area (Å²) < 4.78 is 32.5. The summed E-state index contributed by atoms with van der Waals surface area (Å²) in [6, 6.07) is 1.83. The van der Waals surface area contributed by atoms with Crippen molar-refractivity contribution in [3.8, 4) is 5.88 Å². The molecule has 0 bridgehead atoms. The van der Waals surface area contributed by atoms with E-state index in [1.54, 1.807) is 6.92 Å². The Kier molecular flexibility index (Phi) is 4.24. The van der Waals surface area contributed by atoms with Crippen molar-refractivity contribution in [2.45, 2.75) is 25.0 Å². The molecule has 6 nitrogen and oxygen atoms in total. The molecular formula is C12H15N3O3S2. The first-order chi connectivity index (χ1) is 9.42. The van der Waals surface area contributed by atoms with Crippen LogP contribution >= 0.6 is 11.3 Å². The number of thiophene rings is 1. The van der Waals surface area contributed by atoms with E-state index < -0.39 is 10.0 Å². The van der Waals surface area contributed by atoms with Gasteiger partial charge in [0.1, 0.15) is 4.21 Å². The van der Waals surface area contributed by atoms with E-state index in [4.69, 9.17) is 4.74 Å². The second-order valence-electron chi connectivity index (χ2n) is 4.11. The molecule has 20 heavy (non-hydrogen) atoms. The normalized spacial score (nSPS) is 11.3. The summed E-state index contributed by atoms with van der Waals surface area (Å²) in [5.41, 5.74) is 0.717. The van der Waals surface area contributed by atoms with Crippen LogP contribution in [0.5, 0.6) is 5.88 Å². The van der Waals surface area contributed by atoms with Gasteiger partial charge in [-0.05, 0) is 32.4 Å². The van der Waals surface area contributed by atoms with Gasteiger partial charge >= 0.3 is 0 Å². The maximum absolute atomic E-state index is 12.3. The van der Waals surface area contributed by atoms with Gasteiger partial charge in [0.15, 0.2) is 5.82 Å². The lowest BCUT2D eigenvalue weighted by atomic mass is 10.4. The fourth-order valence-electron chi connectivity index (χ4n) is 1.69. The van der Waals surface area contributed by atoms with Gasteiger partial charge < -0.3 is 4.74 Å². The third-order valence-electron chi connectivity index (χ3n) is 2.38. The predicted molar refractivity (Wildman–Crippen MR) is 77.8 cm³/mol. The first-order valence-corrected chi connectivity index (χ1v) is 8.27. The molecule has 0 atom stereocenters. The molecule has 8 heteroatoms. The van der Waals surface area contributed by atoms with Gasteiger partial charge in [-0.2, -0.15) is 4.98 Å². The van der Waals surface area contributed by atoms with Crippen LogP contribution in [0.3, 0.4) is 0 Å². The fourth-order valence-corrected chi connectivity index (χ4v) is 4.34. The molecule has 0 fully saturated rings. The lowest BCUT2D eigenvalue weighted by molar-refractivity contribution is 0.326. The number of hydrogen-bond donors (Lipinski definition) is 1. The highest BCUT2D eigenvalue weighted by Crippen LogP contribution is 2.27. The van der Waals surface area contributed by atoms with Crippen LogP contribution in [0.4, 0.5) is 5.82 Å². The Morgan fingerprint density at radius 2 is 2.10 bits per heavy atom. The van der Waals surface area contributed by atoms with Crippen molar-refractivity contribution in [1.82, 2.24) is 9.97 Å². The van der Waals surface area contributed by atoms with Crippen molar-refractivity contribution >= 4 is 27.2 Å². The SMILES string of the molecule is CCOc1cncc(NS(=O)(=O)c2sc(C)cc2C)n1. The van der Waals surface area contributed by atoms with Crippen LogP contribution < -0.4 is 9.46 Å². The van der Waals surface area contributed by atoms with E-state index >= 15 is 0 Å². The maximum Gasteiger partial charge on any atom is 0.272 e. The molecule has 1 N–H and O–H groups in total. The Bertz CT molecular complexity index is 710. The number of aromatic nitrogens is 2. The number of anilines is 1. The molecule has 2 heterocycles. The van der Waals surface area contributed by atoms with Gasteiger partial charge in [0, 0.05) is 4.88 Å². The Morgan fingerprint density at radius 1 is 1.35 bits per heavy atom. The number of nitrogens with zero attached hydrogens (tertiary/aromatic N) is 2. The van der Waals surface area contributed by atoms with Gasteiger partial charge in [0.05, 0.1) is 19.0 Å². The van der Waals surface area contributed by atoms with Gasteiger partial charge in [-0.15, -0.1) is 11.3 Å². The van der Waals surface area contributed by atoms with Gasteiger partial charge in [-0.3, -0.25) is 9.71 Å². The summed E-state index contributed by atoms with van der Waals surface area (Å²) in [6.45, 7) is 5.89. The van der Waals surface area contributed by atoms with Crippen LogP contribution in [0.15, 0.2) is 22.7 Å². The predicted octanol–water partition coefficient (Wildman–Crippen LogP) is 2.35. The molecule has 0 spiro atoms. The van der Waals surface area contributed by atoms with E-state index in [0.717, 1.165) is 4.88 Å². The largest absolute Gasteiger partial charge is 0.477 e. The van der Waals surface area contributed by atoms with Crippen molar-refractivity contribution in [1.29, 1.82) is 0 Å². The van der Waals surface area contributed by atoms with Crippen molar-refractivity contribution in [2.24, 2.45) is 0 Å². The van der Waals surface area contributed by atoms with Gasteiger partial charge in [0.25, 0.3) is 10.0 Å². The first-order valence-electron chi connectivity index (χ1n) is 5.97. The molecule has 0 unspecified atom stereocenters. The van der Waals surface area contributed by atoms with Crippen LogP contribution in [0.2, 0.25) is 0 Å². The van der Waals surface area contributed by atoms with Crippen molar-refractivity contribution in [3.63, 3.8) is 0 Å². The zero-order chi connectivity index (χ0) is 14.8. The molecule has 2 aromatic rings. The van der Waals surface area contributed by atoms with E-state index in [2.05, 4.69) is 14.7 Å². The van der Waals surface area contributed by atoms with Crippen LogP contribution in [0.1, 0.15) is 17.4 Å². The monoisotopic (exact) mass is 313 g/mol. The molecular weight excluding hydrogens is 298 g/mol. The number of rotatable bonds is 5. The van der Waals surface area contributed by atoms with Gasteiger partial charge in [-0.25, -0.2) is 8.42 Å². The molecule has 2 rings (SSSR count). The summed E-state index contributed by atoms with van der Waals surface area (Å²) in [5.74, 6) is 0.424. The molecule has 0 aromatic carbocycles. The summed E-state index contributed by atoms with van der Waals surface area (Å²) in [6.07, 6.45) is 2.78. The van der Waals surface area contributed by atoms with E-state index in [-0.39, 0.29) is 11.7 Å². The van der Waals surface area contributed by atoms with Crippen LogP contribution in [0, 0.1) is 13.8 Å². The highest BCUT2D eigenvalue weighted by molar-refractivity contribution is 7.94. The van der Waals surface area contributed by atoms with Gasteiger partial charge in [0.2, 0.25) is 5.88 Å². The maximum atomic E-state index is 12.3. The topological polar surface area (TPSA) is 81.2 Å². The smallest absolute Gasteiger partial charge is 0.272 e. The minimum Gasteiger partial charge on any atom is -0.477 e. The van der Waals surface area contributed by atoms with E-state index in [9.17, 15) is 8.42 Å². The average molecular weight is 313 g/mol. The van der Waals surface area contributed by atoms with E-state index in [1.165, 1.54) is 23.7 Å². The van der Waals surface area contributed by atoms with E-state index in [1.807, 2.05) is 19.9 Å². The molecule has 0 saturated carbocycles. The lowest BCUT2D eigenvalue weighted by Gasteiger charge is -2.07. The average Bonchev–Trinajstić information content (AvgIpc) is 2.69. The quantitative estimate of drug-likeness (QED) is 0.916. The summed E-state index contributed by atoms with van der Waals surface area (Å²) >= 11 is 1.23. The van der Waals surface area contributed by atoms with Crippen molar-refractivity contribution < 1.29 is 13.2 Å². The zero-order valence-corrected chi connectivity index (χ0v) is 13.0. The number of aryl methyl sites for hydroxylation is 2. The Hall–Kier alpha value is -1.67. The lowest BCUT2D eigenvalue weighted by Crippen LogP contribution is -2.14. The molecule has 2 aromatic heterocycles. The second-order valence-corrected chi connectivity index (χ2v) is 7.24. The van der Waals surface area contributed by atoms with Crippen molar-refractivity contribution in [3.05, 3.63) is 28.9 Å². The molecule has 0 aliphatic carbocycles. The third-order valence-corrected chi connectivity index (χ3v) is 5.53. The summed E-state index contributed by atoms with van der Waals surface area (Å²) in [7, 11) is -3.64. The molecule has 108 valence electrons. The number of nitrogens with one attached hydrogen (secondary N) is 1. The van der Waals surface area contributed by atoms with E-state index in [0.29, 0.717) is 16.4 Å². The number of hydrogen-bond acceptors (Lipinski definition) is 6. The molecule has 0 aliphatic heterocycles. The fraction of sp³-hybridized carbons (Fsp3) is 0.333. The molecule has 0 amide bonds. The summed E-state index contributed by atoms with van der Waals surface area (Å²) in [4.78, 5) is 8.88. The Balaban J connectivity index is 2.28. The Labute approximate surface area is 121 Å². The standard InChI is InChI=1S/C12H15N3O3S2/c1-4-18-11-7-13-6-10(14-11)15-20(16,17)12-8(2)5-9(3)19-12/h5-7H,4H2,1-3H3,(H,14,15). The van der Waals surface area contributed by atoms with Gasteiger partial charge in [-0.1, -0.05) is 0 Å².